The summed E-state index contributed by atoms with van der Waals surface area (Å²) in [5.41, 5.74) is 1.02. The van der Waals surface area contributed by atoms with E-state index in [-0.39, 0.29) is 17.9 Å². The number of thiophene rings is 1. The van der Waals surface area contributed by atoms with Gasteiger partial charge in [-0.3, -0.25) is 4.57 Å². The summed E-state index contributed by atoms with van der Waals surface area (Å²) in [6.45, 7) is 1.22. The van der Waals surface area contributed by atoms with Gasteiger partial charge in [0.05, 0.1) is 20.3 Å². The van der Waals surface area contributed by atoms with Gasteiger partial charge in [-0.15, -0.1) is 11.3 Å². The van der Waals surface area contributed by atoms with Crippen LogP contribution in [-0.2, 0) is 17.9 Å². The van der Waals surface area contributed by atoms with E-state index in [1.165, 1.54) is 6.20 Å². The Bertz CT molecular complexity index is 953. The molecule has 3 aromatic heterocycles. The number of methoxy groups -OCH3 is 1. The van der Waals surface area contributed by atoms with Gasteiger partial charge in [-0.25, -0.2) is 4.98 Å². The van der Waals surface area contributed by atoms with Crippen LogP contribution in [0.3, 0.4) is 0 Å². The maximum absolute atomic E-state index is 10.8. The van der Waals surface area contributed by atoms with Gasteiger partial charge in [0.25, 0.3) is 0 Å². The van der Waals surface area contributed by atoms with Gasteiger partial charge in [0.2, 0.25) is 5.88 Å². The van der Waals surface area contributed by atoms with E-state index in [2.05, 4.69) is 9.97 Å². The van der Waals surface area contributed by atoms with Crippen molar-refractivity contribution in [1.29, 1.82) is 0 Å². The van der Waals surface area contributed by atoms with Crippen molar-refractivity contribution in [2.45, 2.75) is 19.3 Å². The molecule has 140 valence electrons. The van der Waals surface area contributed by atoms with Crippen LogP contribution >= 0.6 is 11.3 Å². The maximum atomic E-state index is 10.8. The van der Waals surface area contributed by atoms with Crippen LogP contribution in [0.5, 0.6) is 11.9 Å². The lowest BCUT2D eigenvalue weighted by Crippen LogP contribution is -2.32. The fourth-order valence-corrected chi connectivity index (χ4v) is 3.64. The first-order valence-electron chi connectivity index (χ1n) is 8.17. The van der Waals surface area contributed by atoms with Crippen molar-refractivity contribution in [3.63, 3.8) is 0 Å². The van der Waals surface area contributed by atoms with Crippen molar-refractivity contribution >= 4 is 17.2 Å². The number of rotatable bonds is 6. The summed E-state index contributed by atoms with van der Waals surface area (Å²) in [6.07, 6.45) is 2.95. The molecule has 0 radical (unpaired) electrons. The van der Waals surface area contributed by atoms with Crippen molar-refractivity contribution in [2.24, 2.45) is 0 Å². The Morgan fingerprint density at radius 3 is 3.04 bits per heavy atom. The van der Waals surface area contributed by atoms with Crippen molar-refractivity contribution in [3.8, 4) is 22.3 Å². The first kappa shape index (κ1) is 17.4. The molecule has 4 heterocycles. The summed E-state index contributed by atoms with van der Waals surface area (Å²) >= 11 is 1.63. The van der Waals surface area contributed by atoms with Crippen LogP contribution in [0.4, 0.5) is 5.82 Å². The molecule has 1 aliphatic rings. The monoisotopic (exact) mass is 388 g/mol. The highest BCUT2D eigenvalue weighted by molar-refractivity contribution is 7.15. The van der Waals surface area contributed by atoms with Gasteiger partial charge in [0, 0.05) is 32.6 Å². The van der Waals surface area contributed by atoms with Crippen molar-refractivity contribution in [2.75, 3.05) is 13.7 Å². The van der Waals surface area contributed by atoms with Crippen LogP contribution in [0.15, 0.2) is 36.7 Å². The van der Waals surface area contributed by atoms with E-state index < -0.39 is 4.92 Å². The quantitative estimate of drug-likeness (QED) is 0.473. The van der Waals surface area contributed by atoms with Crippen LogP contribution in [-0.4, -0.2) is 39.3 Å². The molecule has 27 heavy (non-hydrogen) atoms. The van der Waals surface area contributed by atoms with Gasteiger partial charge in [0.15, 0.2) is 0 Å². The summed E-state index contributed by atoms with van der Waals surface area (Å²) in [5.74, 6) is 0.358. The number of pyridine rings is 1. The van der Waals surface area contributed by atoms with Crippen LogP contribution in [0.1, 0.15) is 4.88 Å². The number of nitro groups is 1. The van der Waals surface area contributed by atoms with Crippen molar-refractivity contribution in [3.05, 3.63) is 51.7 Å². The average molecular weight is 388 g/mol. The fourth-order valence-electron chi connectivity index (χ4n) is 2.72. The molecule has 0 amide bonds. The lowest BCUT2D eigenvalue weighted by Gasteiger charge is -2.22. The average Bonchev–Trinajstić information content (AvgIpc) is 3.33. The maximum Gasteiger partial charge on any atom is 0.414 e. The van der Waals surface area contributed by atoms with Crippen LogP contribution in [0.25, 0.3) is 10.4 Å². The number of ether oxygens (including phenoxy) is 3. The molecule has 10 heteroatoms. The van der Waals surface area contributed by atoms with Crippen LogP contribution in [0, 0.1) is 10.1 Å². The molecular weight excluding hydrogens is 372 g/mol. The molecule has 0 bridgehead atoms. The second kappa shape index (κ2) is 7.33. The molecule has 0 spiro atoms. The number of hydrogen-bond donors (Lipinski definition) is 0. The van der Waals surface area contributed by atoms with E-state index in [4.69, 9.17) is 14.2 Å². The molecule has 1 aliphatic heterocycles. The smallest absolute Gasteiger partial charge is 0.414 e. The molecule has 1 atom stereocenters. The van der Waals surface area contributed by atoms with Gasteiger partial charge in [-0.05, 0) is 23.1 Å². The number of hydrogen-bond acceptors (Lipinski definition) is 8. The van der Waals surface area contributed by atoms with Crippen LogP contribution < -0.4 is 9.47 Å². The van der Waals surface area contributed by atoms with E-state index in [9.17, 15) is 10.1 Å². The minimum absolute atomic E-state index is 0.195. The number of fused-ring (bicyclic) bond motifs is 1. The molecule has 0 aliphatic carbocycles. The van der Waals surface area contributed by atoms with Gasteiger partial charge >= 0.3 is 11.8 Å². The zero-order chi connectivity index (χ0) is 18.8. The predicted molar refractivity (Wildman–Crippen MR) is 97.1 cm³/mol. The second-order valence-corrected chi connectivity index (χ2v) is 7.06. The zero-order valence-electron chi connectivity index (χ0n) is 14.4. The molecule has 0 unspecified atom stereocenters. The van der Waals surface area contributed by atoms with Gasteiger partial charge in [-0.1, -0.05) is 0 Å². The summed E-state index contributed by atoms with van der Waals surface area (Å²) < 4.78 is 18.0. The standard InChI is InChI=1S/C17H16N4O5S/c1-24-16-5-2-11(6-18-16)14-4-3-13(27-14)10-25-12-7-20-8-15(21(22)23)19-17(20)26-9-12/h2-6,8,12H,7,9-10H2,1H3/t12-/m0/s1. The zero-order valence-corrected chi connectivity index (χ0v) is 15.2. The molecule has 0 fully saturated rings. The normalized spacial score (nSPS) is 15.8. The lowest BCUT2D eigenvalue weighted by atomic mass is 10.2. The van der Waals surface area contributed by atoms with Gasteiger partial charge in [0.1, 0.15) is 18.9 Å². The molecule has 0 saturated carbocycles. The summed E-state index contributed by atoms with van der Waals surface area (Å²) in [7, 11) is 1.59. The SMILES string of the molecule is COc1ccc(-c2ccc(CO[C@@H]3COc4nc([N+](=O)[O-])cn4C3)s2)cn1. The predicted octanol–water partition coefficient (Wildman–Crippen LogP) is 2.90. The van der Waals surface area contributed by atoms with E-state index in [0.717, 1.165) is 15.3 Å². The fraction of sp³-hybridized carbons (Fsp3) is 0.294. The first-order valence-corrected chi connectivity index (χ1v) is 8.99. The Hall–Kier alpha value is -2.98. The number of imidazole rings is 1. The third kappa shape index (κ3) is 3.76. The van der Waals surface area contributed by atoms with Gasteiger partial charge in [-0.2, -0.15) is 0 Å². The molecule has 0 N–H and O–H groups in total. The van der Waals surface area contributed by atoms with Crippen molar-refractivity contribution in [1.82, 2.24) is 14.5 Å². The van der Waals surface area contributed by atoms with E-state index >= 15 is 0 Å². The Kier molecular flexibility index (Phi) is 4.73. The van der Waals surface area contributed by atoms with Gasteiger partial charge < -0.3 is 24.3 Å². The van der Waals surface area contributed by atoms with E-state index in [1.807, 2.05) is 24.3 Å². The van der Waals surface area contributed by atoms with E-state index in [1.54, 1.807) is 29.2 Å². The minimum atomic E-state index is -0.536. The molecule has 9 nitrogen and oxygen atoms in total. The Balaban J connectivity index is 1.36. The third-order valence-electron chi connectivity index (χ3n) is 4.07. The first-order chi connectivity index (χ1) is 13.1. The minimum Gasteiger partial charge on any atom is -0.481 e. The van der Waals surface area contributed by atoms with E-state index in [0.29, 0.717) is 25.6 Å². The largest absolute Gasteiger partial charge is 0.481 e. The Labute approximate surface area is 158 Å². The third-order valence-corrected chi connectivity index (χ3v) is 5.17. The lowest BCUT2D eigenvalue weighted by molar-refractivity contribution is -0.389. The second-order valence-electron chi connectivity index (χ2n) is 5.89. The summed E-state index contributed by atoms with van der Waals surface area (Å²) in [4.78, 5) is 20.5. The highest BCUT2D eigenvalue weighted by Crippen LogP contribution is 2.29. The number of aromatic nitrogens is 3. The molecule has 4 rings (SSSR count). The molecule has 0 aromatic carbocycles. The molecule has 3 aromatic rings. The molecular formula is C17H16N4O5S. The highest BCUT2D eigenvalue weighted by Gasteiger charge is 2.28. The Morgan fingerprint density at radius 2 is 2.30 bits per heavy atom. The highest BCUT2D eigenvalue weighted by atomic mass is 32.1. The molecule has 0 saturated heterocycles. The Morgan fingerprint density at radius 1 is 1.41 bits per heavy atom. The summed E-state index contributed by atoms with van der Waals surface area (Å²) in [5, 5.41) is 10.8. The number of nitrogens with zero attached hydrogens (tertiary/aromatic N) is 4. The van der Waals surface area contributed by atoms with Crippen LogP contribution in [0.2, 0.25) is 0 Å². The van der Waals surface area contributed by atoms with Crippen molar-refractivity contribution < 1.29 is 19.1 Å². The topological polar surface area (TPSA) is 102 Å². The summed E-state index contributed by atoms with van der Waals surface area (Å²) in [6, 6.07) is 8.09.